The van der Waals surface area contributed by atoms with Gasteiger partial charge in [-0.2, -0.15) is 0 Å². The number of hydrogen-bond donors (Lipinski definition) is 0. The van der Waals surface area contributed by atoms with Gasteiger partial charge in [-0.1, -0.05) is 6.07 Å². The van der Waals surface area contributed by atoms with Crippen LogP contribution in [0.25, 0.3) is 0 Å². The highest BCUT2D eigenvalue weighted by Crippen LogP contribution is 2.18. The van der Waals surface area contributed by atoms with Crippen LogP contribution < -0.4 is 0 Å². The number of rotatable bonds is 6. The van der Waals surface area contributed by atoms with Gasteiger partial charge in [-0.3, -0.25) is 4.79 Å². The number of carbonyl (C=O) groups is 1. The van der Waals surface area contributed by atoms with Gasteiger partial charge in [0.15, 0.2) is 10.4 Å². The molecule has 0 radical (unpaired) electrons. The standard InChI is InChI=1S/C13H14BrNO3S/c1-17-7-6-15(9-10-3-2-8-19-10)13(16)11-4-5-12(14)18-11/h2-5,8H,6-7,9H2,1H3. The zero-order chi connectivity index (χ0) is 13.7. The van der Waals surface area contributed by atoms with Crippen molar-refractivity contribution >= 4 is 33.2 Å². The van der Waals surface area contributed by atoms with Crippen molar-refractivity contribution in [2.45, 2.75) is 6.54 Å². The molecule has 4 nitrogen and oxygen atoms in total. The average molecular weight is 344 g/mol. The maximum absolute atomic E-state index is 12.4. The van der Waals surface area contributed by atoms with Crippen LogP contribution in [0.2, 0.25) is 0 Å². The second-order valence-electron chi connectivity index (χ2n) is 3.90. The van der Waals surface area contributed by atoms with Crippen LogP contribution in [0, 0.1) is 0 Å². The first-order valence-corrected chi connectivity index (χ1v) is 7.44. The van der Waals surface area contributed by atoms with Gasteiger partial charge in [0.05, 0.1) is 13.2 Å². The zero-order valence-electron chi connectivity index (χ0n) is 10.5. The van der Waals surface area contributed by atoms with Gasteiger partial charge >= 0.3 is 0 Å². The Morgan fingerprint density at radius 3 is 2.89 bits per heavy atom. The van der Waals surface area contributed by atoms with E-state index in [4.69, 9.17) is 9.15 Å². The summed E-state index contributed by atoms with van der Waals surface area (Å²) in [6.07, 6.45) is 0. The van der Waals surface area contributed by atoms with E-state index in [-0.39, 0.29) is 5.91 Å². The number of carbonyl (C=O) groups excluding carboxylic acids is 1. The average Bonchev–Trinajstić information content (AvgIpc) is 3.05. The molecule has 19 heavy (non-hydrogen) atoms. The van der Waals surface area contributed by atoms with E-state index in [1.165, 1.54) is 0 Å². The Bertz CT molecular complexity index is 524. The summed E-state index contributed by atoms with van der Waals surface area (Å²) in [7, 11) is 1.62. The number of halogens is 1. The SMILES string of the molecule is COCCN(Cc1cccs1)C(=O)c1ccc(Br)o1. The molecule has 0 unspecified atom stereocenters. The van der Waals surface area contributed by atoms with Crippen molar-refractivity contribution in [3.05, 3.63) is 45.0 Å². The maximum atomic E-state index is 12.4. The largest absolute Gasteiger partial charge is 0.444 e. The predicted molar refractivity (Wildman–Crippen MR) is 77.3 cm³/mol. The Morgan fingerprint density at radius 1 is 1.47 bits per heavy atom. The molecule has 0 aliphatic carbocycles. The lowest BCUT2D eigenvalue weighted by Gasteiger charge is -2.20. The number of nitrogens with zero attached hydrogens (tertiary/aromatic N) is 1. The van der Waals surface area contributed by atoms with Crippen LogP contribution in [0.15, 0.2) is 38.7 Å². The zero-order valence-corrected chi connectivity index (χ0v) is 12.9. The summed E-state index contributed by atoms with van der Waals surface area (Å²) in [5, 5.41) is 2.00. The van der Waals surface area contributed by atoms with Gasteiger partial charge < -0.3 is 14.1 Å². The summed E-state index contributed by atoms with van der Waals surface area (Å²) in [5.74, 6) is 0.204. The summed E-state index contributed by atoms with van der Waals surface area (Å²) in [4.78, 5) is 15.2. The fourth-order valence-electron chi connectivity index (χ4n) is 1.63. The smallest absolute Gasteiger partial charge is 0.290 e. The van der Waals surface area contributed by atoms with E-state index in [2.05, 4.69) is 15.9 Å². The highest BCUT2D eigenvalue weighted by atomic mass is 79.9. The molecule has 0 N–H and O–H groups in total. The first-order valence-electron chi connectivity index (χ1n) is 5.76. The summed E-state index contributed by atoms with van der Waals surface area (Å²) >= 11 is 4.83. The van der Waals surface area contributed by atoms with E-state index in [9.17, 15) is 4.79 Å². The number of amides is 1. The lowest BCUT2D eigenvalue weighted by Crippen LogP contribution is -2.33. The Balaban J connectivity index is 2.10. The molecular formula is C13H14BrNO3S. The molecule has 0 aliphatic heterocycles. The Morgan fingerprint density at radius 2 is 2.32 bits per heavy atom. The molecule has 0 aliphatic rings. The molecule has 102 valence electrons. The van der Waals surface area contributed by atoms with Crippen LogP contribution >= 0.6 is 27.3 Å². The molecule has 6 heteroatoms. The molecule has 0 bridgehead atoms. The molecule has 0 aromatic carbocycles. The number of thiophene rings is 1. The molecule has 2 heterocycles. The maximum Gasteiger partial charge on any atom is 0.290 e. The molecule has 0 saturated carbocycles. The van der Waals surface area contributed by atoms with Gasteiger partial charge in [0, 0.05) is 18.5 Å². The molecular weight excluding hydrogens is 330 g/mol. The van der Waals surface area contributed by atoms with Crippen molar-refractivity contribution in [1.29, 1.82) is 0 Å². The topological polar surface area (TPSA) is 42.7 Å². The van der Waals surface area contributed by atoms with E-state index in [0.717, 1.165) is 4.88 Å². The predicted octanol–water partition coefficient (Wildman–Crippen LogP) is 3.39. The van der Waals surface area contributed by atoms with Gasteiger partial charge in [-0.05, 0) is 39.5 Å². The van der Waals surface area contributed by atoms with Crippen LogP contribution in [0.5, 0.6) is 0 Å². The van der Waals surface area contributed by atoms with Crippen LogP contribution in [0.3, 0.4) is 0 Å². The Kier molecular flexibility index (Phi) is 5.18. The van der Waals surface area contributed by atoms with Crippen LogP contribution in [-0.2, 0) is 11.3 Å². The van der Waals surface area contributed by atoms with Gasteiger partial charge in [0.1, 0.15) is 0 Å². The second kappa shape index (κ2) is 6.88. The van der Waals surface area contributed by atoms with Crippen molar-refractivity contribution in [2.24, 2.45) is 0 Å². The van der Waals surface area contributed by atoms with Crippen LogP contribution in [0.1, 0.15) is 15.4 Å². The summed E-state index contributed by atoms with van der Waals surface area (Å²) < 4.78 is 10.9. The van der Waals surface area contributed by atoms with Crippen molar-refractivity contribution < 1.29 is 13.9 Å². The van der Waals surface area contributed by atoms with E-state index in [1.54, 1.807) is 35.5 Å². The number of hydrogen-bond acceptors (Lipinski definition) is 4. The van der Waals surface area contributed by atoms with E-state index >= 15 is 0 Å². The molecule has 2 rings (SSSR count). The molecule has 1 amide bonds. The fraction of sp³-hybridized carbons (Fsp3) is 0.308. The molecule has 0 fully saturated rings. The lowest BCUT2D eigenvalue weighted by atomic mass is 10.3. The molecule has 0 spiro atoms. The molecule has 2 aromatic heterocycles. The Hall–Kier alpha value is -1.11. The fourth-order valence-corrected chi connectivity index (χ4v) is 2.66. The van der Waals surface area contributed by atoms with Crippen molar-refractivity contribution in [1.82, 2.24) is 4.90 Å². The highest BCUT2D eigenvalue weighted by molar-refractivity contribution is 9.10. The molecule has 0 saturated heterocycles. The minimum atomic E-state index is -0.129. The van der Waals surface area contributed by atoms with Gasteiger partial charge in [-0.25, -0.2) is 0 Å². The van der Waals surface area contributed by atoms with Crippen molar-refractivity contribution in [2.75, 3.05) is 20.3 Å². The molecule has 0 atom stereocenters. The van der Waals surface area contributed by atoms with Gasteiger partial charge in [0.2, 0.25) is 0 Å². The summed E-state index contributed by atoms with van der Waals surface area (Å²) in [5.41, 5.74) is 0. The third-order valence-corrected chi connectivity index (χ3v) is 3.85. The van der Waals surface area contributed by atoms with E-state index in [0.29, 0.717) is 30.1 Å². The number of furan rings is 1. The summed E-state index contributed by atoms with van der Waals surface area (Å²) in [6, 6.07) is 7.37. The third kappa shape index (κ3) is 3.92. The summed E-state index contributed by atoms with van der Waals surface area (Å²) in [6.45, 7) is 1.60. The normalized spacial score (nSPS) is 10.6. The first-order chi connectivity index (χ1) is 9.20. The van der Waals surface area contributed by atoms with Crippen molar-refractivity contribution in [3.63, 3.8) is 0 Å². The Labute approximate surface area is 124 Å². The highest BCUT2D eigenvalue weighted by Gasteiger charge is 2.19. The van der Waals surface area contributed by atoms with Crippen LogP contribution in [-0.4, -0.2) is 31.1 Å². The number of methoxy groups -OCH3 is 1. The second-order valence-corrected chi connectivity index (χ2v) is 5.72. The van der Waals surface area contributed by atoms with Gasteiger partial charge in [-0.15, -0.1) is 11.3 Å². The van der Waals surface area contributed by atoms with Crippen LogP contribution in [0.4, 0.5) is 0 Å². The van der Waals surface area contributed by atoms with E-state index < -0.39 is 0 Å². The van der Waals surface area contributed by atoms with Gasteiger partial charge in [0.25, 0.3) is 5.91 Å². The number of ether oxygens (including phenoxy) is 1. The minimum absolute atomic E-state index is 0.129. The molecule has 2 aromatic rings. The first kappa shape index (κ1) is 14.3. The van der Waals surface area contributed by atoms with Crippen molar-refractivity contribution in [3.8, 4) is 0 Å². The van der Waals surface area contributed by atoms with E-state index in [1.807, 2.05) is 17.5 Å². The quantitative estimate of drug-likeness (QED) is 0.807. The third-order valence-electron chi connectivity index (χ3n) is 2.56. The lowest BCUT2D eigenvalue weighted by molar-refractivity contribution is 0.0650. The monoisotopic (exact) mass is 343 g/mol. The minimum Gasteiger partial charge on any atom is -0.444 e.